The fourth-order valence-corrected chi connectivity index (χ4v) is 3.00. The molecule has 1 unspecified atom stereocenters. The zero-order valence-electron chi connectivity index (χ0n) is 13.4. The van der Waals surface area contributed by atoms with Crippen molar-refractivity contribution < 1.29 is 9.59 Å². The van der Waals surface area contributed by atoms with Crippen molar-refractivity contribution in [3.05, 3.63) is 53.1 Å². The summed E-state index contributed by atoms with van der Waals surface area (Å²) in [4.78, 5) is 36.5. The Morgan fingerprint density at radius 2 is 2.04 bits per heavy atom. The van der Waals surface area contributed by atoms with E-state index in [1.807, 2.05) is 12.1 Å². The molecular formula is C17H17ClN4O2. The maximum Gasteiger partial charge on any atom is 0.274 e. The summed E-state index contributed by atoms with van der Waals surface area (Å²) in [5, 5.41) is 0.518. The van der Waals surface area contributed by atoms with Crippen LogP contribution in [0.2, 0.25) is 5.02 Å². The highest BCUT2D eigenvalue weighted by atomic mass is 35.5. The van der Waals surface area contributed by atoms with Gasteiger partial charge < -0.3 is 9.80 Å². The molecule has 124 valence electrons. The lowest BCUT2D eigenvalue weighted by Crippen LogP contribution is -2.43. The molecule has 1 aliphatic heterocycles. The third-order valence-electron chi connectivity index (χ3n) is 4.11. The van der Waals surface area contributed by atoms with Crippen LogP contribution >= 0.6 is 11.6 Å². The zero-order chi connectivity index (χ0) is 17.3. The molecule has 1 aromatic carbocycles. The van der Waals surface area contributed by atoms with Gasteiger partial charge in [-0.25, -0.2) is 4.98 Å². The van der Waals surface area contributed by atoms with E-state index >= 15 is 0 Å². The van der Waals surface area contributed by atoms with Crippen molar-refractivity contribution in [2.75, 3.05) is 18.5 Å². The van der Waals surface area contributed by atoms with Crippen LogP contribution in [-0.2, 0) is 4.79 Å². The standard InChI is InChI=1S/C17H17ClN4O2/c1-11-9-20-13(10-19-11)16(23)21(2)15-7-8-22(17(15)24)14-6-4-3-5-12(14)18/h3-6,9-10,15H,7-8H2,1-2H3. The average Bonchev–Trinajstić information content (AvgIpc) is 2.96. The van der Waals surface area contributed by atoms with Crippen LogP contribution in [0.3, 0.4) is 0 Å². The van der Waals surface area contributed by atoms with Gasteiger partial charge in [-0.15, -0.1) is 0 Å². The van der Waals surface area contributed by atoms with Crippen LogP contribution in [0.25, 0.3) is 0 Å². The summed E-state index contributed by atoms with van der Waals surface area (Å²) in [6.45, 7) is 2.32. The second-order valence-corrected chi connectivity index (χ2v) is 6.11. The number of aromatic nitrogens is 2. The minimum atomic E-state index is -0.531. The number of benzene rings is 1. The second kappa shape index (κ2) is 6.57. The van der Waals surface area contributed by atoms with Crippen LogP contribution < -0.4 is 4.90 Å². The summed E-state index contributed by atoms with van der Waals surface area (Å²) in [6, 6.07) is 6.66. The Balaban J connectivity index is 1.78. The quantitative estimate of drug-likeness (QED) is 0.857. The van der Waals surface area contributed by atoms with Crippen LogP contribution in [0.1, 0.15) is 22.6 Å². The molecule has 2 heterocycles. The number of carbonyl (C=O) groups is 2. The van der Waals surface area contributed by atoms with Crippen LogP contribution in [0.4, 0.5) is 5.69 Å². The van der Waals surface area contributed by atoms with Crippen molar-refractivity contribution in [2.24, 2.45) is 0 Å². The molecular weight excluding hydrogens is 328 g/mol. The summed E-state index contributed by atoms with van der Waals surface area (Å²) in [5.74, 6) is -0.458. The Kier molecular flexibility index (Phi) is 4.49. The van der Waals surface area contributed by atoms with Gasteiger partial charge in [0.1, 0.15) is 11.7 Å². The highest BCUT2D eigenvalue weighted by Crippen LogP contribution is 2.30. The number of likely N-dealkylation sites (N-methyl/N-ethyl adjacent to an activating group) is 1. The number of anilines is 1. The van der Waals surface area contributed by atoms with E-state index in [4.69, 9.17) is 11.6 Å². The van der Waals surface area contributed by atoms with Crippen LogP contribution in [0, 0.1) is 6.92 Å². The number of halogens is 1. The van der Waals surface area contributed by atoms with Crippen LogP contribution in [-0.4, -0.2) is 46.3 Å². The molecule has 3 rings (SSSR count). The summed E-state index contributed by atoms with van der Waals surface area (Å²) in [5.41, 5.74) is 1.63. The van der Waals surface area contributed by atoms with Gasteiger partial charge in [-0.1, -0.05) is 23.7 Å². The van der Waals surface area contributed by atoms with Crippen molar-refractivity contribution >= 4 is 29.1 Å². The van der Waals surface area contributed by atoms with Crippen molar-refractivity contribution in [1.82, 2.24) is 14.9 Å². The lowest BCUT2D eigenvalue weighted by atomic mass is 10.2. The number of carbonyl (C=O) groups excluding carboxylic acids is 2. The molecule has 6 nitrogen and oxygen atoms in total. The maximum absolute atomic E-state index is 12.7. The first kappa shape index (κ1) is 16.4. The fourth-order valence-electron chi connectivity index (χ4n) is 2.76. The van der Waals surface area contributed by atoms with Gasteiger partial charge in [0.05, 0.1) is 22.6 Å². The van der Waals surface area contributed by atoms with Crippen LogP contribution in [0.15, 0.2) is 36.7 Å². The SMILES string of the molecule is Cc1cnc(C(=O)N(C)C2CCN(c3ccccc3Cl)C2=O)cn1. The van der Waals surface area contributed by atoms with E-state index in [9.17, 15) is 9.59 Å². The van der Waals surface area contributed by atoms with E-state index in [1.165, 1.54) is 17.3 Å². The monoisotopic (exact) mass is 344 g/mol. The van der Waals surface area contributed by atoms with Gasteiger partial charge >= 0.3 is 0 Å². The van der Waals surface area contributed by atoms with Gasteiger partial charge in [-0.05, 0) is 25.5 Å². The molecule has 0 radical (unpaired) electrons. The Labute approximate surface area is 145 Å². The number of rotatable bonds is 3. The summed E-state index contributed by atoms with van der Waals surface area (Å²) in [7, 11) is 1.61. The first-order valence-corrected chi connectivity index (χ1v) is 7.98. The molecule has 1 aromatic heterocycles. The number of aryl methyl sites for hydroxylation is 1. The largest absolute Gasteiger partial charge is 0.328 e. The van der Waals surface area contributed by atoms with E-state index in [1.54, 1.807) is 31.0 Å². The third kappa shape index (κ3) is 2.97. The Morgan fingerprint density at radius 1 is 1.29 bits per heavy atom. The number of hydrogen-bond acceptors (Lipinski definition) is 4. The predicted octanol–water partition coefficient (Wildman–Crippen LogP) is 2.32. The van der Waals surface area contributed by atoms with E-state index in [0.29, 0.717) is 23.7 Å². The van der Waals surface area contributed by atoms with Crippen molar-refractivity contribution in [3.8, 4) is 0 Å². The minimum Gasteiger partial charge on any atom is -0.328 e. The van der Waals surface area contributed by atoms with Gasteiger partial charge in [0.15, 0.2) is 0 Å². The average molecular weight is 345 g/mol. The lowest BCUT2D eigenvalue weighted by Gasteiger charge is -2.24. The summed E-state index contributed by atoms with van der Waals surface area (Å²) < 4.78 is 0. The maximum atomic E-state index is 12.7. The molecule has 0 bridgehead atoms. The molecule has 0 aliphatic carbocycles. The topological polar surface area (TPSA) is 66.4 Å². The number of amides is 2. The van der Waals surface area contributed by atoms with E-state index in [0.717, 1.165) is 5.69 Å². The van der Waals surface area contributed by atoms with Crippen molar-refractivity contribution in [3.63, 3.8) is 0 Å². The van der Waals surface area contributed by atoms with Crippen molar-refractivity contribution in [1.29, 1.82) is 0 Å². The number of hydrogen-bond donors (Lipinski definition) is 0. The molecule has 1 aliphatic rings. The predicted molar refractivity (Wildman–Crippen MR) is 91.1 cm³/mol. The van der Waals surface area contributed by atoms with E-state index in [-0.39, 0.29) is 17.5 Å². The number of nitrogens with zero attached hydrogens (tertiary/aromatic N) is 4. The molecule has 1 saturated heterocycles. The molecule has 7 heteroatoms. The molecule has 2 amide bonds. The zero-order valence-corrected chi connectivity index (χ0v) is 14.2. The smallest absolute Gasteiger partial charge is 0.274 e. The Morgan fingerprint density at radius 3 is 2.71 bits per heavy atom. The first-order chi connectivity index (χ1) is 11.5. The Bertz CT molecular complexity index is 778. The highest BCUT2D eigenvalue weighted by molar-refractivity contribution is 6.34. The first-order valence-electron chi connectivity index (χ1n) is 7.60. The second-order valence-electron chi connectivity index (χ2n) is 5.70. The van der Waals surface area contributed by atoms with E-state index in [2.05, 4.69) is 9.97 Å². The fraction of sp³-hybridized carbons (Fsp3) is 0.294. The van der Waals surface area contributed by atoms with Gasteiger partial charge in [0.25, 0.3) is 5.91 Å². The molecule has 2 aromatic rings. The normalized spacial score (nSPS) is 17.2. The molecule has 1 fully saturated rings. The molecule has 24 heavy (non-hydrogen) atoms. The van der Waals surface area contributed by atoms with E-state index < -0.39 is 6.04 Å². The molecule has 0 N–H and O–H groups in total. The van der Waals surface area contributed by atoms with Crippen LogP contribution in [0.5, 0.6) is 0 Å². The lowest BCUT2D eigenvalue weighted by molar-refractivity contribution is -0.120. The molecule has 0 saturated carbocycles. The van der Waals surface area contributed by atoms with Gasteiger partial charge in [-0.3, -0.25) is 14.6 Å². The number of para-hydroxylation sites is 1. The highest BCUT2D eigenvalue weighted by Gasteiger charge is 2.38. The molecule has 0 spiro atoms. The van der Waals surface area contributed by atoms with Gasteiger partial charge in [-0.2, -0.15) is 0 Å². The summed E-state index contributed by atoms with van der Waals surface area (Å²) in [6.07, 6.45) is 3.51. The van der Waals surface area contributed by atoms with Gasteiger partial charge in [0.2, 0.25) is 5.91 Å². The Hall–Kier alpha value is -2.47. The van der Waals surface area contributed by atoms with Gasteiger partial charge in [0, 0.05) is 19.8 Å². The third-order valence-corrected chi connectivity index (χ3v) is 4.43. The molecule has 1 atom stereocenters. The minimum absolute atomic E-state index is 0.140. The summed E-state index contributed by atoms with van der Waals surface area (Å²) >= 11 is 6.18. The van der Waals surface area contributed by atoms with Crippen molar-refractivity contribution in [2.45, 2.75) is 19.4 Å².